The first-order valence-corrected chi connectivity index (χ1v) is 5.51. The highest BCUT2D eigenvalue weighted by atomic mass is 16.5. The minimum Gasteiger partial charge on any atom is -0.465 e. The Morgan fingerprint density at radius 2 is 2.19 bits per heavy atom. The van der Waals surface area contributed by atoms with Crippen molar-refractivity contribution in [1.82, 2.24) is 0 Å². The molecule has 16 heavy (non-hydrogen) atoms. The highest BCUT2D eigenvalue weighted by molar-refractivity contribution is 5.90. The van der Waals surface area contributed by atoms with E-state index in [9.17, 15) is 4.79 Å². The van der Waals surface area contributed by atoms with Gasteiger partial charge >= 0.3 is 5.97 Å². The van der Waals surface area contributed by atoms with Gasteiger partial charge in [0, 0.05) is 12.2 Å². The van der Waals surface area contributed by atoms with Crippen LogP contribution >= 0.6 is 0 Å². The van der Waals surface area contributed by atoms with E-state index in [-0.39, 0.29) is 11.4 Å². The SMILES string of the molecule is COC(=O)c1ccc2c(c1)C(C)(C)CCN2. The first kappa shape index (κ1) is 11.0. The Labute approximate surface area is 95.8 Å². The number of ether oxygens (including phenoxy) is 1. The molecule has 0 atom stereocenters. The standard InChI is InChI=1S/C13H17NO2/c1-13(2)6-7-14-11-5-4-9(8-10(11)13)12(15)16-3/h4-5,8,14H,6-7H2,1-3H3. The fourth-order valence-corrected chi connectivity index (χ4v) is 2.15. The molecule has 0 radical (unpaired) electrons. The molecule has 1 aliphatic rings. The minimum absolute atomic E-state index is 0.116. The first-order valence-electron chi connectivity index (χ1n) is 5.51. The molecule has 0 aromatic heterocycles. The topological polar surface area (TPSA) is 38.3 Å². The van der Waals surface area contributed by atoms with Gasteiger partial charge in [0.25, 0.3) is 0 Å². The zero-order valence-electron chi connectivity index (χ0n) is 9.96. The van der Waals surface area contributed by atoms with Crippen LogP contribution in [0.3, 0.4) is 0 Å². The molecule has 0 amide bonds. The third kappa shape index (κ3) is 1.77. The number of methoxy groups -OCH3 is 1. The number of hydrogen-bond donors (Lipinski definition) is 1. The van der Waals surface area contributed by atoms with Crippen molar-refractivity contribution in [2.75, 3.05) is 19.0 Å². The van der Waals surface area contributed by atoms with Crippen molar-refractivity contribution in [2.45, 2.75) is 25.7 Å². The molecule has 1 aromatic rings. The first-order chi connectivity index (χ1) is 7.54. The Morgan fingerprint density at radius 3 is 2.88 bits per heavy atom. The van der Waals surface area contributed by atoms with E-state index in [1.54, 1.807) is 6.07 Å². The Morgan fingerprint density at radius 1 is 1.44 bits per heavy atom. The van der Waals surface area contributed by atoms with E-state index in [0.717, 1.165) is 18.7 Å². The normalized spacial score (nSPS) is 17.2. The molecule has 3 nitrogen and oxygen atoms in total. The molecule has 3 heteroatoms. The summed E-state index contributed by atoms with van der Waals surface area (Å²) in [5.74, 6) is -0.274. The lowest BCUT2D eigenvalue weighted by molar-refractivity contribution is 0.0600. The van der Waals surface area contributed by atoms with Crippen LogP contribution in [-0.2, 0) is 10.2 Å². The maximum atomic E-state index is 11.5. The zero-order chi connectivity index (χ0) is 11.8. The molecule has 0 spiro atoms. The number of anilines is 1. The maximum absolute atomic E-state index is 11.5. The van der Waals surface area contributed by atoms with Crippen LogP contribution in [0.1, 0.15) is 36.2 Å². The summed E-state index contributed by atoms with van der Waals surface area (Å²) in [6.45, 7) is 5.39. The van der Waals surface area contributed by atoms with E-state index in [0.29, 0.717) is 5.56 Å². The highest BCUT2D eigenvalue weighted by Gasteiger charge is 2.28. The van der Waals surface area contributed by atoms with E-state index in [4.69, 9.17) is 4.74 Å². The number of carbonyl (C=O) groups excluding carboxylic acids is 1. The van der Waals surface area contributed by atoms with Gasteiger partial charge in [0.2, 0.25) is 0 Å². The number of rotatable bonds is 1. The summed E-state index contributed by atoms with van der Waals surface area (Å²) >= 11 is 0. The largest absolute Gasteiger partial charge is 0.465 e. The smallest absolute Gasteiger partial charge is 0.337 e. The molecule has 0 saturated carbocycles. The summed E-state index contributed by atoms with van der Waals surface area (Å²) in [6, 6.07) is 5.70. The molecule has 0 unspecified atom stereocenters. The van der Waals surface area contributed by atoms with Gasteiger partial charge in [-0.3, -0.25) is 0 Å². The quantitative estimate of drug-likeness (QED) is 0.738. The molecule has 1 aliphatic heterocycles. The highest BCUT2D eigenvalue weighted by Crippen LogP contribution is 2.36. The monoisotopic (exact) mass is 219 g/mol. The summed E-state index contributed by atoms with van der Waals surface area (Å²) in [5.41, 5.74) is 3.06. The van der Waals surface area contributed by atoms with Crippen LogP contribution in [-0.4, -0.2) is 19.6 Å². The number of hydrogen-bond acceptors (Lipinski definition) is 3. The molecule has 1 aromatic carbocycles. The second-order valence-corrected chi connectivity index (χ2v) is 4.81. The van der Waals surface area contributed by atoms with Gasteiger partial charge < -0.3 is 10.1 Å². The number of fused-ring (bicyclic) bond motifs is 1. The van der Waals surface area contributed by atoms with Crippen molar-refractivity contribution in [3.05, 3.63) is 29.3 Å². The Kier molecular flexibility index (Phi) is 2.62. The van der Waals surface area contributed by atoms with Crippen LogP contribution in [0, 0.1) is 0 Å². The number of benzene rings is 1. The van der Waals surface area contributed by atoms with Gasteiger partial charge in [-0.25, -0.2) is 4.79 Å². The Balaban J connectivity index is 2.47. The lowest BCUT2D eigenvalue weighted by Crippen LogP contribution is -2.28. The second-order valence-electron chi connectivity index (χ2n) is 4.81. The number of esters is 1. The van der Waals surface area contributed by atoms with Crippen molar-refractivity contribution in [2.24, 2.45) is 0 Å². The molecule has 86 valence electrons. The van der Waals surface area contributed by atoms with Gasteiger partial charge in [0.15, 0.2) is 0 Å². The van der Waals surface area contributed by atoms with Gasteiger partial charge in [-0.05, 0) is 35.6 Å². The van der Waals surface area contributed by atoms with E-state index < -0.39 is 0 Å². The summed E-state index contributed by atoms with van der Waals surface area (Å²) in [5, 5.41) is 3.35. The molecular weight excluding hydrogens is 202 g/mol. The fourth-order valence-electron chi connectivity index (χ4n) is 2.15. The van der Waals surface area contributed by atoms with Gasteiger partial charge in [0.05, 0.1) is 12.7 Å². The van der Waals surface area contributed by atoms with Crippen LogP contribution < -0.4 is 5.32 Å². The maximum Gasteiger partial charge on any atom is 0.337 e. The molecule has 0 fully saturated rings. The number of nitrogens with one attached hydrogen (secondary N) is 1. The Hall–Kier alpha value is -1.51. The van der Waals surface area contributed by atoms with Gasteiger partial charge in [-0.2, -0.15) is 0 Å². The average Bonchev–Trinajstić information content (AvgIpc) is 2.27. The fraction of sp³-hybridized carbons (Fsp3) is 0.462. The summed E-state index contributed by atoms with van der Waals surface area (Å²) in [7, 11) is 1.41. The predicted molar refractivity (Wildman–Crippen MR) is 63.9 cm³/mol. The van der Waals surface area contributed by atoms with Crippen molar-refractivity contribution < 1.29 is 9.53 Å². The summed E-state index contributed by atoms with van der Waals surface area (Å²) in [4.78, 5) is 11.5. The van der Waals surface area contributed by atoms with Crippen LogP contribution in [0.15, 0.2) is 18.2 Å². The van der Waals surface area contributed by atoms with Gasteiger partial charge in [-0.15, -0.1) is 0 Å². The molecule has 1 heterocycles. The molecule has 2 rings (SSSR count). The van der Waals surface area contributed by atoms with Gasteiger partial charge in [0.1, 0.15) is 0 Å². The van der Waals surface area contributed by atoms with Crippen LogP contribution in [0.5, 0.6) is 0 Å². The van der Waals surface area contributed by atoms with Crippen molar-refractivity contribution >= 4 is 11.7 Å². The number of carbonyl (C=O) groups is 1. The van der Waals surface area contributed by atoms with Crippen LogP contribution in [0.2, 0.25) is 0 Å². The predicted octanol–water partition coefficient (Wildman–Crippen LogP) is 2.57. The molecule has 0 bridgehead atoms. The molecule has 0 saturated heterocycles. The summed E-state index contributed by atoms with van der Waals surface area (Å²) < 4.78 is 4.74. The third-order valence-corrected chi connectivity index (χ3v) is 3.24. The average molecular weight is 219 g/mol. The second kappa shape index (κ2) is 3.81. The van der Waals surface area contributed by atoms with Crippen LogP contribution in [0.25, 0.3) is 0 Å². The van der Waals surface area contributed by atoms with E-state index in [1.165, 1.54) is 12.7 Å². The van der Waals surface area contributed by atoms with Crippen molar-refractivity contribution in [3.8, 4) is 0 Å². The summed E-state index contributed by atoms with van der Waals surface area (Å²) in [6.07, 6.45) is 1.07. The minimum atomic E-state index is -0.274. The zero-order valence-corrected chi connectivity index (χ0v) is 9.96. The molecule has 0 aliphatic carbocycles. The van der Waals surface area contributed by atoms with E-state index in [2.05, 4.69) is 19.2 Å². The van der Waals surface area contributed by atoms with Crippen molar-refractivity contribution in [1.29, 1.82) is 0 Å². The lowest BCUT2D eigenvalue weighted by Gasteiger charge is -2.33. The van der Waals surface area contributed by atoms with Crippen molar-refractivity contribution in [3.63, 3.8) is 0 Å². The van der Waals surface area contributed by atoms with E-state index >= 15 is 0 Å². The Bertz CT molecular complexity index is 424. The van der Waals surface area contributed by atoms with Crippen LogP contribution in [0.4, 0.5) is 5.69 Å². The van der Waals surface area contributed by atoms with E-state index in [1.807, 2.05) is 12.1 Å². The molecular formula is C13H17NO2. The third-order valence-electron chi connectivity index (χ3n) is 3.24. The lowest BCUT2D eigenvalue weighted by atomic mass is 9.78. The molecule has 1 N–H and O–H groups in total. The van der Waals surface area contributed by atoms with Gasteiger partial charge in [-0.1, -0.05) is 13.8 Å².